The summed E-state index contributed by atoms with van der Waals surface area (Å²) in [5.74, 6) is 0.488. The van der Waals surface area contributed by atoms with Crippen LogP contribution in [0.4, 0.5) is 0 Å². The Morgan fingerprint density at radius 2 is 1.96 bits per heavy atom. The molecule has 0 aliphatic rings. The van der Waals surface area contributed by atoms with E-state index in [1.54, 1.807) is 18.3 Å². The van der Waals surface area contributed by atoms with Crippen molar-refractivity contribution in [2.45, 2.75) is 12.8 Å². The summed E-state index contributed by atoms with van der Waals surface area (Å²) >= 11 is 0. The second-order valence-corrected chi connectivity index (χ2v) is 5.22. The lowest BCUT2D eigenvalue weighted by molar-refractivity contribution is -0.142. The zero-order valence-corrected chi connectivity index (χ0v) is 13.5. The third-order valence-electron chi connectivity index (χ3n) is 3.36. The summed E-state index contributed by atoms with van der Waals surface area (Å²) in [4.78, 5) is 20.1. The molecule has 25 heavy (non-hydrogen) atoms. The van der Waals surface area contributed by atoms with Gasteiger partial charge in [0.25, 0.3) is 0 Å². The molecule has 0 saturated carbocycles. The number of benzene rings is 1. The fraction of sp³-hybridized carbons (Fsp3) is 0.158. The third-order valence-corrected chi connectivity index (χ3v) is 3.36. The SMILES string of the molecule is O=C(CCc1nc(-c2ccccn2)no1)OC/C=C/c1ccccc1. The molecule has 0 N–H and O–H groups in total. The molecule has 0 bridgehead atoms. The predicted octanol–water partition coefficient (Wildman–Crippen LogP) is 3.32. The van der Waals surface area contributed by atoms with Crippen LogP contribution in [0, 0.1) is 0 Å². The van der Waals surface area contributed by atoms with Gasteiger partial charge in [-0.05, 0) is 23.8 Å². The van der Waals surface area contributed by atoms with E-state index in [0.29, 0.717) is 23.8 Å². The largest absolute Gasteiger partial charge is 0.461 e. The van der Waals surface area contributed by atoms with Crippen LogP contribution in [-0.4, -0.2) is 27.7 Å². The van der Waals surface area contributed by atoms with Crippen LogP contribution in [-0.2, 0) is 16.0 Å². The summed E-state index contributed by atoms with van der Waals surface area (Å²) < 4.78 is 10.3. The maximum absolute atomic E-state index is 11.7. The molecule has 0 aliphatic carbocycles. The van der Waals surface area contributed by atoms with Crippen molar-refractivity contribution in [1.82, 2.24) is 15.1 Å². The summed E-state index contributed by atoms with van der Waals surface area (Å²) in [5, 5.41) is 3.86. The van der Waals surface area contributed by atoms with Crippen LogP contribution >= 0.6 is 0 Å². The Balaban J connectivity index is 1.42. The average Bonchev–Trinajstić information content (AvgIpc) is 3.14. The van der Waals surface area contributed by atoms with Gasteiger partial charge >= 0.3 is 5.97 Å². The highest BCUT2D eigenvalue weighted by atomic mass is 16.5. The number of hydrogen-bond donors (Lipinski definition) is 0. The molecule has 0 atom stereocenters. The Hall–Kier alpha value is -3.28. The number of aryl methyl sites for hydroxylation is 1. The van der Waals surface area contributed by atoms with E-state index in [9.17, 15) is 4.79 Å². The lowest BCUT2D eigenvalue weighted by Gasteiger charge is -1.99. The number of rotatable bonds is 7. The molecule has 0 spiro atoms. The minimum Gasteiger partial charge on any atom is -0.461 e. The molecule has 0 unspecified atom stereocenters. The smallest absolute Gasteiger partial charge is 0.306 e. The number of carbonyl (C=O) groups excluding carboxylic acids is 1. The van der Waals surface area contributed by atoms with Gasteiger partial charge in [0.1, 0.15) is 12.3 Å². The standard InChI is InChI=1S/C19H17N3O3/c23-18(24-14-6-9-15-7-2-1-3-8-15)12-11-17-21-19(22-25-17)16-10-4-5-13-20-16/h1-10,13H,11-12,14H2/b9-6+. The van der Waals surface area contributed by atoms with Crippen molar-refractivity contribution in [3.05, 3.63) is 72.3 Å². The molecule has 6 heteroatoms. The number of carbonyl (C=O) groups is 1. The van der Waals surface area contributed by atoms with Gasteiger partial charge in [0.05, 0.1) is 6.42 Å². The van der Waals surface area contributed by atoms with E-state index in [1.165, 1.54) is 0 Å². The van der Waals surface area contributed by atoms with Gasteiger partial charge in [-0.2, -0.15) is 4.98 Å². The first-order valence-electron chi connectivity index (χ1n) is 7.92. The zero-order valence-electron chi connectivity index (χ0n) is 13.5. The molecule has 0 radical (unpaired) electrons. The van der Waals surface area contributed by atoms with E-state index >= 15 is 0 Å². The number of nitrogens with zero attached hydrogens (tertiary/aromatic N) is 3. The van der Waals surface area contributed by atoms with Crippen LogP contribution in [0.3, 0.4) is 0 Å². The maximum atomic E-state index is 11.7. The Morgan fingerprint density at radius 3 is 2.76 bits per heavy atom. The van der Waals surface area contributed by atoms with Crippen molar-refractivity contribution in [2.75, 3.05) is 6.61 Å². The lowest BCUT2D eigenvalue weighted by Crippen LogP contribution is -2.05. The molecule has 3 aromatic rings. The van der Waals surface area contributed by atoms with Crippen LogP contribution in [0.1, 0.15) is 17.9 Å². The van der Waals surface area contributed by atoms with Gasteiger partial charge in [-0.25, -0.2) is 0 Å². The van der Waals surface area contributed by atoms with Crippen molar-refractivity contribution in [2.24, 2.45) is 0 Å². The predicted molar refractivity (Wildman–Crippen MR) is 92.3 cm³/mol. The second kappa shape index (κ2) is 8.54. The van der Waals surface area contributed by atoms with Crippen molar-refractivity contribution in [1.29, 1.82) is 0 Å². The van der Waals surface area contributed by atoms with Gasteiger partial charge in [-0.1, -0.05) is 47.6 Å². The van der Waals surface area contributed by atoms with Gasteiger partial charge < -0.3 is 9.26 Å². The van der Waals surface area contributed by atoms with Crippen molar-refractivity contribution in [3.63, 3.8) is 0 Å². The van der Waals surface area contributed by atoms with Crippen molar-refractivity contribution in [3.8, 4) is 11.5 Å². The third kappa shape index (κ3) is 5.10. The first-order valence-corrected chi connectivity index (χ1v) is 7.92. The summed E-state index contributed by atoms with van der Waals surface area (Å²) in [6.45, 7) is 0.233. The Kier molecular flexibility index (Phi) is 5.66. The van der Waals surface area contributed by atoms with E-state index in [-0.39, 0.29) is 19.0 Å². The van der Waals surface area contributed by atoms with E-state index in [0.717, 1.165) is 5.56 Å². The van der Waals surface area contributed by atoms with E-state index in [1.807, 2.05) is 48.5 Å². The molecule has 6 nitrogen and oxygen atoms in total. The Bertz CT molecular complexity index is 829. The maximum Gasteiger partial charge on any atom is 0.306 e. The van der Waals surface area contributed by atoms with E-state index in [2.05, 4.69) is 15.1 Å². The number of hydrogen-bond acceptors (Lipinski definition) is 6. The first kappa shape index (κ1) is 16.6. The molecule has 0 saturated heterocycles. The van der Waals surface area contributed by atoms with Gasteiger partial charge in [0.15, 0.2) is 0 Å². The van der Waals surface area contributed by atoms with Crippen LogP contribution in [0.25, 0.3) is 17.6 Å². The van der Waals surface area contributed by atoms with Gasteiger partial charge in [0, 0.05) is 12.6 Å². The average molecular weight is 335 g/mol. The van der Waals surface area contributed by atoms with Crippen LogP contribution < -0.4 is 0 Å². The number of ether oxygens (including phenoxy) is 1. The zero-order chi connectivity index (χ0) is 17.3. The molecule has 1 aromatic carbocycles. The van der Waals surface area contributed by atoms with Gasteiger partial charge in [-0.3, -0.25) is 9.78 Å². The highest BCUT2D eigenvalue weighted by Gasteiger charge is 2.11. The minimum absolute atomic E-state index is 0.184. The molecule has 2 aromatic heterocycles. The first-order chi connectivity index (χ1) is 12.3. The highest BCUT2D eigenvalue weighted by Crippen LogP contribution is 2.12. The fourth-order valence-electron chi connectivity index (χ4n) is 2.13. The number of esters is 1. The summed E-state index contributed by atoms with van der Waals surface area (Å²) in [7, 11) is 0. The van der Waals surface area contributed by atoms with Crippen molar-refractivity contribution >= 4 is 12.0 Å². The normalized spacial score (nSPS) is 10.9. The van der Waals surface area contributed by atoms with E-state index < -0.39 is 0 Å². The van der Waals surface area contributed by atoms with Crippen LogP contribution in [0.2, 0.25) is 0 Å². The monoisotopic (exact) mass is 335 g/mol. The highest BCUT2D eigenvalue weighted by molar-refractivity contribution is 5.69. The fourth-order valence-corrected chi connectivity index (χ4v) is 2.13. The molecular formula is C19H17N3O3. The second-order valence-electron chi connectivity index (χ2n) is 5.22. The summed E-state index contributed by atoms with van der Waals surface area (Å²) in [6.07, 6.45) is 5.89. The van der Waals surface area contributed by atoms with Crippen molar-refractivity contribution < 1.29 is 14.1 Å². The number of pyridine rings is 1. The minimum atomic E-state index is -0.310. The molecule has 3 rings (SSSR count). The Labute approximate surface area is 145 Å². The lowest BCUT2D eigenvalue weighted by atomic mass is 10.2. The Morgan fingerprint density at radius 1 is 1.12 bits per heavy atom. The molecule has 126 valence electrons. The molecule has 0 fully saturated rings. The summed E-state index contributed by atoms with van der Waals surface area (Å²) in [6, 6.07) is 15.3. The molecule has 2 heterocycles. The summed E-state index contributed by atoms with van der Waals surface area (Å²) in [5.41, 5.74) is 1.69. The molecule has 0 aliphatic heterocycles. The van der Waals surface area contributed by atoms with Crippen LogP contribution in [0.5, 0.6) is 0 Å². The van der Waals surface area contributed by atoms with E-state index in [4.69, 9.17) is 9.26 Å². The topological polar surface area (TPSA) is 78.1 Å². The van der Waals surface area contributed by atoms with Gasteiger partial charge in [-0.15, -0.1) is 0 Å². The number of aromatic nitrogens is 3. The van der Waals surface area contributed by atoms with Gasteiger partial charge in [0.2, 0.25) is 11.7 Å². The van der Waals surface area contributed by atoms with Crippen LogP contribution in [0.15, 0.2) is 65.3 Å². The quantitative estimate of drug-likeness (QED) is 0.616. The molecular weight excluding hydrogens is 318 g/mol. The molecule has 0 amide bonds.